The number of nitrogens with one attached hydrogen (secondary N) is 1. The van der Waals surface area contributed by atoms with Crippen molar-refractivity contribution in [3.05, 3.63) is 18.3 Å². The van der Waals surface area contributed by atoms with Gasteiger partial charge < -0.3 is 5.43 Å². The van der Waals surface area contributed by atoms with Crippen LogP contribution in [0.4, 0.5) is 5.82 Å². The summed E-state index contributed by atoms with van der Waals surface area (Å²) in [5.74, 6) is 5.46. The van der Waals surface area contributed by atoms with Gasteiger partial charge in [0.05, 0.1) is 11.0 Å². The number of hydrogen-bond donors (Lipinski definition) is 2. The van der Waals surface area contributed by atoms with E-state index in [1.165, 1.54) is 22.6 Å². The molecule has 0 radical (unpaired) electrons. The number of sulfonamides is 1. The molecule has 3 N–H and O–H groups in total. The highest BCUT2D eigenvalue weighted by atomic mass is 32.2. The van der Waals surface area contributed by atoms with Gasteiger partial charge in [-0.05, 0) is 6.07 Å². The minimum absolute atomic E-state index is 0.102. The van der Waals surface area contributed by atoms with E-state index in [4.69, 9.17) is 11.1 Å². The second-order valence-corrected chi connectivity index (χ2v) is 5.36. The third kappa shape index (κ3) is 3.16. The Morgan fingerprint density at radius 3 is 2.89 bits per heavy atom. The van der Waals surface area contributed by atoms with Crippen molar-refractivity contribution in [1.29, 1.82) is 5.26 Å². The molecule has 0 saturated heterocycles. The maximum absolute atomic E-state index is 12.3. The Balaban J connectivity index is 3.07. The number of hydrogen-bond acceptors (Lipinski definition) is 6. The highest BCUT2D eigenvalue weighted by molar-refractivity contribution is 7.89. The van der Waals surface area contributed by atoms with E-state index in [9.17, 15) is 8.42 Å². The third-order valence-corrected chi connectivity index (χ3v) is 4.31. The number of anilines is 1. The van der Waals surface area contributed by atoms with E-state index in [1.54, 1.807) is 6.92 Å². The third-order valence-electron chi connectivity index (χ3n) is 2.34. The van der Waals surface area contributed by atoms with Crippen LogP contribution in [0, 0.1) is 11.3 Å². The first kappa shape index (κ1) is 14.4. The van der Waals surface area contributed by atoms with Gasteiger partial charge in [0.25, 0.3) is 0 Å². The first-order valence-corrected chi connectivity index (χ1v) is 6.80. The molecule has 0 saturated carbocycles. The Hall–Kier alpha value is -1.69. The predicted molar refractivity (Wildman–Crippen MR) is 66.7 cm³/mol. The van der Waals surface area contributed by atoms with Crippen molar-refractivity contribution >= 4 is 15.8 Å². The Morgan fingerprint density at radius 2 is 2.33 bits per heavy atom. The molecule has 0 aliphatic carbocycles. The van der Waals surface area contributed by atoms with Gasteiger partial charge in [0, 0.05) is 31.8 Å². The summed E-state index contributed by atoms with van der Waals surface area (Å²) >= 11 is 0. The summed E-state index contributed by atoms with van der Waals surface area (Å²) in [6.45, 7) is 2.19. The average molecular weight is 269 g/mol. The normalized spacial score (nSPS) is 11.2. The average Bonchev–Trinajstić information content (AvgIpc) is 2.39. The summed E-state index contributed by atoms with van der Waals surface area (Å²) in [5, 5.41) is 8.52. The van der Waals surface area contributed by atoms with E-state index < -0.39 is 10.0 Å². The molecule has 0 aliphatic heterocycles. The zero-order chi connectivity index (χ0) is 13.6. The molecule has 0 fully saturated rings. The fourth-order valence-corrected chi connectivity index (χ4v) is 2.89. The number of nitrogen functional groups attached to an aromatic ring is 1. The van der Waals surface area contributed by atoms with Crippen LogP contribution in [0.1, 0.15) is 13.3 Å². The van der Waals surface area contributed by atoms with Crippen LogP contribution in [0.3, 0.4) is 0 Å². The van der Waals surface area contributed by atoms with Crippen LogP contribution in [0.25, 0.3) is 0 Å². The number of nitriles is 1. The monoisotopic (exact) mass is 269 g/mol. The molecule has 0 bridgehead atoms. The second-order valence-electron chi connectivity index (χ2n) is 3.43. The van der Waals surface area contributed by atoms with Crippen LogP contribution >= 0.6 is 0 Å². The largest absolute Gasteiger partial charge is 0.308 e. The van der Waals surface area contributed by atoms with E-state index in [0.29, 0.717) is 6.54 Å². The molecule has 0 atom stereocenters. The molecule has 0 aromatic carbocycles. The molecule has 1 aromatic heterocycles. The molecule has 1 aromatic rings. The maximum Gasteiger partial charge on any atom is 0.243 e. The molecule has 8 heteroatoms. The lowest BCUT2D eigenvalue weighted by Gasteiger charge is -2.19. The first-order chi connectivity index (χ1) is 8.56. The Labute approximate surface area is 106 Å². The van der Waals surface area contributed by atoms with Gasteiger partial charge in [-0.1, -0.05) is 6.92 Å². The van der Waals surface area contributed by atoms with Crippen molar-refractivity contribution in [2.45, 2.75) is 18.2 Å². The van der Waals surface area contributed by atoms with Crippen molar-refractivity contribution in [3.8, 4) is 6.07 Å². The lowest BCUT2D eigenvalue weighted by Crippen LogP contribution is -2.31. The van der Waals surface area contributed by atoms with Gasteiger partial charge in [-0.15, -0.1) is 0 Å². The molecule has 18 heavy (non-hydrogen) atoms. The van der Waals surface area contributed by atoms with E-state index in [-0.39, 0.29) is 23.7 Å². The van der Waals surface area contributed by atoms with Crippen molar-refractivity contribution in [3.63, 3.8) is 0 Å². The Morgan fingerprint density at radius 1 is 1.61 bits per heavy atom. The summed E-state index contributed by atoms with van der Waals surface area (Å²) < 4.78 is 25.8. The van der Waals surface area contributed by atoms with E-state index >= 15 is 0 Å². The fourth-order valence-electron chi connectivity index (χ4n) is 1.42. The topological polar surface area (TPSA) is 112 Å². The summed E-state index contributed by atoms with van der Waals surface area (Å²) in [4.78, 5) is 3.95. The molecule has 1 heterocycles. The van der Waals surface area contributed by atoms with Gasteiger partial charge in [-0.25, -0.2) is 19.2 Å². The molecular weight excluding hydrogens is 254 g/mol. The van der Waals surface area contributed by atoms with Gasteiger partial charge in [-0.2, -0.15) is 9.57 Å². The number of pyridine rings is 1. The highest BCUT2D eigenvalue weighted by Crippen LogP contribution is 2.17. The van der Waals surface area contributed by atoms with Gasteiger partial charge in [-0.3, -0.25) is 0 Å². The van der Waals surface area contributed by atoms with Crippen LogP contribution < -0.4 is 11.3 Å². The van der Waals surface area contributed by atoms with Crippen LogP contribution in [0.5, 0.6) is 0 Å². The quantitative estimate of drug-likeness (QED) is 0.567. The zero-order valence-corrected chi connectivity index (χ0v) is 10.8. The van der Waals surface area contributed by atoms with E-state index in [1.807, 2.05) is 6.07 Å². The molecule has 0 aliphatic rings. The van der Waals surface area contributed by atoms with Crippen LogP contribution in [-0.4, -0.2) is 30.8 Å². The Kier molecular flexibility index (Phi) is 5.03. The lowest BCUT2D eigenvalue weighted by atomic mass is 10.5. The molecule has 0 spiro atoms. The minimum Gasteiger partial charge on any atom is -0.308 e. The van der Waals surface area contributed by atoms with Gasteiger partial charge in [0.1, 0.15) is 5.82 Å². The van der Waals surface area contributed by atoms with Crippen molar-refractivity contribution in [2.75, 3.05) is 18.5 Å². The maximum atomic E-state index is 12.3. The second kappa shape index (κ2) is 6.30. The number of hydrazine groups is 1. The standard InChI is InChI=1S/C10H15N5O2S/c1-2-15(7-3-5-11)18(16,17)9-4-6-13-10(8-9)14-12/h4,6,8H,2-3,7,12H2,1H3,(H,13,14). The van der Waals surface area contributed by atoms with Gasteiger partial charge in [0.2, 0.25) is 10.0 Å². The zero-order valence-electron chi connectivity index (χ0n) is 10.00. The fraction of sp³-hybridized carbons (Fsp3) is 0.400. The molecule has 1 rings (SSSR count). The smallest absolute Gasteiger partial charge is 0.243 e. The predicted octanol–water partition coefficient (Wildman–Crippen LogP) is 0.291. The SMILES string of the molecule is CCN(CCC#N)S(=O)(=O)c1ccnc(NN)c1. The van der Waals surface area contributed by atoms with E-state index in [0.717, 1.165) is 0 Å². The van der Waals surface area contributed by atoms with Gasteiger partial charge in [0.15, 0.2) is 0 Å². The first-order valence-electron chi connectivity index (χ1n) is 5.36. The highest BCUT2D eigenvalue weighted by Gasteiger charge is 2.22. The summed E-state index contributed by atoms with van der Waals surface area (Å²) in [6, 6.07) is 4.67. The van der Waals surface area contributed by atoms with Gasteiger partial charge >= 0.3 is 0 Å². The molecule has 0 amide bonds. The van der Waals surface area contributed by atoms with Crippen LogP contribution in [0.15, 0.2) is 23.2 Å². The summed E-state index contributed by atoms with van der Waals surface area (Å²) in [7, 11) is -3.61. The molecular formula is C10H15N5O2S. The lowest BCUT2D eigenvalue weighted by molar-refractivity contribution is 0.435. The van der Waals surface area contributed by atoms with Crippen molar-refractivity contribution in [1.82, 2.24) is 9.29 Å². The van der Waals surface area contributed by atoms with Crippen molar-refractivity contribution in [2.24, 2.45) is 5.84 Å². The summed E-state index contributed by atoms with van der Waals surface area (Å²) in [5.41, 5.74) is 2.29. The number of rotatable bonds is 6. The number of nitrogens with zero attached hydrogens (tertiary/aromatic N) is 3. The molecule has 7 nitrogen and oxygen atoms in total. The van der Waals surface area contributed by atoms with Crippen LogP contribution in [-0.2, 0) is 10.0 Å². The summed E-state index contributed by atoms with van der Waals surface area (Å²) in [6.07, 6.45) is 1.51. The van der Waals surface area contributed by atoms with Crippen molar-refractivity contribution < 1.29 is 8.42 Å². The molecule has 98 valence electrons. The molecule has 0 unspecified atom stereocenters. The number of aromatic nitrogens is 1. The van der Waals surface area contributed by atoms with Crippen LogP contribution in [0.2, 0.25) is 0 Å². The Bertz CT molecular complexity index is 537. The number of nitrogens with two attached hydrogens (primary N) is 1. The van der Waals surface area contributed by atoms with E-state index in [2.05, 4.69) is 10.4 Å². The minimum atomic E-state index is -3.61.